The molecule has 1 aliphatic heterocycles. The zero-order valence-corrected chi connectivity index (χ0v) is 17.1. The van der Waals surface area contributed by atoms with E-state index in [1.807, 2.05) is 30.0 Å². The van der Waals surface area contributed by atoms with Gasteiger partial charge in [0.2, 0.25) is 5.91 Å². The van der Waals surface area contributed by atoms with E-state index in [9.17, 15) is 9.59 Å². The Labute approximate surface area is 168 Å². The number of fused-ring (bicyclic) bond motifs is 1. The quantitative estimate of drug-likeness (QED) is 0.709. The maximum absolute atomic E-state index is 12.0. The molecular weight excluding hydrogens is 378 g/mol. The molecule has 0 aliphatic carbocycles. The van der Waals surface area contributed by atoms with E-state index in [1.165, 1.54) is 17.6 Å². The summed E-state index contributed by atoms with van der Waals surface area (Å²) in [5.74, 6) is 1.25. The van der Waals surface area contributed by atoms with E-state index < -0.39 is 0 Å². The van der Waals surface area contributed by atoms with Gasteiger partial charge in [0.05, 0.1) is 12.7 Å². The maximum Gasteiger partial charge on any atom is 0.339 e. The summed E-state index contributed by atoms with van der Waals surface area (Å²) in [4.78, 5) is 26.5. The minimum Gasteiger partial charge on any atom is -0.465 e. The average Bonchev–Trinajstić information content (AvgIpc) is 2.68. The molecule has 142 valence electrons. The van der Waals surface area contributed by atoms with Crippen molar-refractivity contribution in [3.63, 3.8) is 0 Å². The van der Waals surface area contributed by atoms with Gasteiger partial charge in [-0.25, -0.2) is 4.79 Å². The van der Waals surface area contributed by atoms with Gasteiger partial charge in [0.25, 0.3) is 0 Å². The molecule has 3 rings (SSSR count). The van der Waals surface area contributed by atoms with Crippen molar-refractivity contribution in [1.29, 1.82) is 0 Å². The summed E-state index contributed by atoms with van der Waals surface area (Å²) < 4.78 is 4.90. The molecule has 0 saturated heterocycles. The fraction of sp³-hybridized carbons (Fsp3) is 0.333. The van der Waals surface area contributed by atoms with Gasteiger partial charge in [-0.3, -0.25) is 4.79 Å². The van der Waals surface area contributed by atoms with Gasteiger partial charge in [-0.15, -0.1) is 11.8 Å². The van der Waals surface area contributed by atoms with Crippen molar-refractivity contribution in [2.75, 3.05) is 19.4 Å². The molecule has 0 saturated carbocycles. The van der Waals surface area contributed by atoms with E-state index in [1.54, 1.807) is 24.8 Å². The van der Waals surface area contributed by atoms with Crippen molar-refractivity contribution < 1.29 is 14.3 Å². The molecule has 0 bridgehead atoms. The van der Waals surface area contributed by atoms with Crippen LogP contribution in [0, 0.1) is 0 Å². The molecule has 6 heteroatoms. The van der Waals surface area contributed by atoms with Crippen LogP contribution < -0.4 is 5.32 Å². The van der Waals surface area contributed by atoms with E-state index in [0.717, 1.165) is 28.4 Å². The van der Waals surface area contributed by atoms with Crippen molar-refractivity contribution in [1.82, 2.24) is 5.32 Å². The van der Waals surface area contributed by atoms with Crippen molar-refractivity contribution >= 4 is 35.4 Å². The first-order valence-electron chi connectivity index (χ1n) is 8.95. The molecule has 1 atom stereocenters. The van der Waals surface area contributed by atoms with Crippen LogP contribution in [0.2, 0.25) is 0 Å². The van der Waals surface area contributed by atoms with Crippen molar-refractivity contribution in [2.24, 2.45) is 0 Å². The third-order valence-electron chi connectivity index (χ3n) is 4.53. The fourth-order valence-electron chi connectivity index (χ4n) is 3.19. The van der Waals surface area contributed by atoms with Crippen LogP contribution in [0.15, 0.2) is 57.2 Å². The number of carbonyl (C=O) groups excluding carboxylic acids is 2. The van der Waals surface area contributed by atoms with E-state index in [-0.39, 0.29) is 11.9 Å². The Morgan fingerprint density at radius 3 is 2.85 bits per heavy atom. The first kappa shape index (κ1) is 19.8. The molecule has 0 radical (unpaired) electrons. The molecule has 1 unspecified atom stereocenters. The summed E-state index contributed by atoms with van der Waals surface area (Å²) in [6.45, 7) is 2.25. The van der Waals surface area contributed by atoms with Gasteiger partial charge in [0, 0.05) is 28.2 Å². The lowest BCUT2D eigenvalue weighted by molar-refractivity contribution is -0.118. The van der Waals surface area contributed by atoms with Crippen LogP contribution in [-0.2, 0) is 9.53 Å². The molecule has 0 spiro atoms. The van der Waals surface area contributed by atoms with Crippen LogP contribution >= 0.6 is 23.5 Å². The largest absolute Gasteiger partial charge is 0.465 e. The van der Waals surface area contributed by atoms with Crippen molar-refractivity contribution in [3.8, 4) is 0 Å². The third-order valence-corrected chi connectivity index (χ3v) is 6.72. The topological polar surface area (TPSA) is 55.4 Å². The molecule has 4 nitrogen and oxygen atoms in total. The number of rotatable bonds is 6. The highest BCUT2D eigenvalue weighted by atomic mass is 32.2. The van der Waals surface area contributed by atoms with Gasteiger partial charge in [-0.05, 0) is 60.4 Å². The number of amides is 1. The minimum absolute atomic E-state index is 0.0177. The Morgan fingerprint density at radius 1 is 1.26 bits per heavy atom. The van der Waals surface area contributed by atoms with E-state index in [4.69, 9.17) is 4.74 Å². The molecule has 0 aromatic heterocycles. The van der Waals surface area contributed by atoms with Crippen LogP contribution in [0.3, 0.4) is 0 Å². The first-order chi connectivity index (χ1) is 13.1. The minimum atomic E-state index is -0.320. The molecule has 27 heavy (non-hydrogen) atoms. The predicted molar refractivity (Wildman–Crippen MR) is 110 cm³/mol. The smallest absolute Gasteiger partial charge is 0.339 e. The number of esters is 1. The monoisotopic (exact) mass is 401 g/mol. The molecule has 1 heterocycles. The highest BCUT2D eigenvalue weighted by Crippen LogP contribution is 2.42. The van der Waals surface area contributed by atoms with Gasteiger partial charge in [0.15, 0.2) is 0 Å². The second-order valence-corrected chi connectivity index (χ2v) is 8.65. The number of hydrogen-bond donors (Lipinski definition) is 1. The Kier molecular flexibility index (Phi) is 6.85. The van der Waals surface area contributed by atoms with Crippen LogP contribution in [0.25, 0.3) is 0 Å². The van der Waals surface area contributed by atoms with E-state index in [0.29, 0.717) is 18.0 Å². The first-order valence-corrected chi connectivity index (χ1v) is 10.7. The third kappa shape index (κ3) is 5.08. The normalized spacial score (nSPS) is 15.7. The lowest BCUT2D eigenvalue weighted by Crippen LogP contribution is -2.23. The summed E-state index contributed by atoms with van der Waals surface area (Å²) in [7, 11) is 1.40. The van der Waals surface area contributed by atoms with Gasteiger partial charge < -0.3 is 10.1 Å². The molecule has 0 fully saturated rings. The summed E-state index contributed by atoms with van der Waals surface area (Å²) in [5, 5.41) is 2.90. The number of carbonyl (C=O) groups is 2. The van der Waals surface area contributed by atoms with Gasteiger partial charge in [-0.1, -0.05) is 23.9 Å². The fourth-order valence-corrected chi connectivity index (χ4v) is 5.35. The molecule has 2 aromatic carbocycles. The second-order valence-electron chi connectivity index (χ2n) is 6.40. The highest BCUT2D eigenvalue weighted by molar-refractivity contribution is 7.99. The second kappa shape index (κ2) is 9.33. The number of thioether (sulfide) groups is 1. The Hall–Kier alpha value is -1.92. The van der Waals surface area contributed by atoms with E-state index >= 15 is 0 Å². The SMILES string of the molecule is COC(=O)c1ccccc1Sc1ccc2c(c1)C(CCNC(C)=O)CCS2. The van der Waals surface area contributed by atoms with Crippen LogP contribution in [0.5, 0.6) is 0 Å². The number of benzene rings is 2. The highest BCUT2D eigenvalue weighted by Gasteiger charge is 2.21. The molecule has 1 aliphatic rings. The summed E-state index contributed by atoms with van der Waals surface area (Å²) in [5.41, 5.74) is 1.93. The van der Waals surface area contributed by atoms with Gasteiger partial charge in [-0.2, -0.15) is 0 Å². The number of ether oxygens (including phenoxy) is 1. The lowest BCUT2D eigenvalue weighted by Gasteiger charge is -2.25. The van der Waals surface area contributed by atoms with Crippen molar-refractivity contribution in [2.45, 2.75) is 40.4 Å². The Bertz CT molecular complexity index is 838. The molecule has 1 N–H and O–H groups in total. The van der Waals surface area contributed by atoms with Gasteiger partial charge >= 0.3 is 5.97 Å². The average molecular weight is 402 g/mol. The van der Waals surface area contributed by atoms with Crippen LogP contribution in [-0.4, -0.2) is 31.3 Å². The van der Waals surface area contributed by atoms with E-state index in [2.05, 4.69) is 23.5 Å². The summed E-state index contributed by atoms with van der Waals surface area (Å²) >= 11 is 3.47. The predicted octanol–water partition coefficient (Wildman–Crippen LogP) is 4.73. The lowest BCUT2D eigenvalue weighted by atomic mass is 9.92. The van der Waals surface area contributed by atoms with Crippen LogP contribution in [0.4, 0.5) is 0 Å². The number of methoxy groups -OCH3 is 1. The van der Waals surface area contributed by atoms with Crippen molar-refractivity contribution in [3.05, 3.63) is 53.6 Å². The van der Waals surface area contributed by atoms with Crippen LogP contribution in [0.1, 0.15) is 41.6 Å². The molecule has 1 amide bonds. The molecule has 2 aromatic rings. The Morgan fingerprint density at radius 2 is 2.07 bits per heavy atom. The zero-order chi connectivity index (χ0) is 19.2. The number of nitrogens with one attached hydrogen (secondary N) is 1. The molecular formula is C21H23NO3S2. The Balaban J connectivity index is 1.81. The summed E-state index contributed by atoms with van der Waals surface area (Å²) in [6.07, 6.45) is 2.06. The van der Waals surface area contributed by atoms with Gasteiger partial charge in [0.1, 0.15) is 0 Å². The zero-order valence-electron chi connectivity index (χ0n) is 15.5. The maximum atomic E-state index is 12.0. The number of hydrogen-bond acceptors (Lipinski definition) is 5. The summed E-state index contributed by atoms with van der Waals surface area (Å²) in [6, 6.07) is 14.0. The standard InChI is InChI=1S/C21H23NO3S2/c1-14(23)22-11-9-15-10-12-26-19-8-7-16(13-18(15)19)27-20-6-4-3-5-17(20)21(24)25-2/h3-8,13,15H,9-12H2,1-2H3,(H,22,23).